The molecule has 3 aromatic rings. The van der Waals surface area contributed by atoms with E-state index in [1.54, 1.807) is 31.3 Å². The lowest BCUT2D eigenvalue weighted by Gasteiger charge is -2.40. The molecule has 1 fully saturated rings. The molecule has 1 atom stereocenters. The van der Waals surface area contributed by atoms with Gasteiger partial charge in [-0.3, -0.25) is 4.98 Å². The lowest BCUT2D eigenvalue weighted by atomic mass is 9.82. The Hall–Kier alpha value is -2.94. The number of carbonyl (C=O) groups is 1. The van der Waals surface area contributed by atoms with Crippen LogP contribution in [-0.4, -0.2) is 46.3 Å². The lowest BCUT2D eigenvalue weighted by Crippen LogP contribution is -2.39. The molecule has 0 radical (unpaired) electrons. The zero-order valence-corrected chi connectivity index (χ0v) is 26.4. The molecule has 10 heteroatoms. The van der Waals surface area contributed by atoms with Gasteiger partial charge in [-0.15, -0.1) is 0 Å². The van der Waals surface area contributed by atoms with Crippen molar-refractivity contribution in [1.82, 2.24) is 9.97 Å². The number of piperidine rings is 1. The van der Waals surface area contributed by atoms with E-state index >= 15 is 4.39 Å². The van der Waals surface area contributed by atoms with E-state index in [4.69, 9.17) is 32.7 Å². The SMILES string of the molecule is Cc1ncc(-c2cnc(OCCc3ccc(Cl)cc3Cl)c(F)c2)c(N2CCC(C)(C)CC2)c1C(OC(C)(C)C)C(=O)O. The highest BCUT2D eigenvalue weighted by Crippen LogP contribution is 2.43. The van der Waals surface area contributed by atoms with E-state index in [2.05, 4.69) is 28.7 Å². The fourth-order valence-electron chi connectivity index (χ4n) is 5.06. The zero-order valence-electron chi connectivity index (χ0n) is 24.9. The number of aliphatic carboxylic acids is 1. The third-order valence-corrected chi connectivity index (χ3v) is 8.01. The molecule has 4 rings (SSSR count). The van der Waals surface area contributed by atoms with E-state index in [-0.39, 0.29) is 17.9 Å². The number of nitrogens with zero attached hydrogens (tertiary/aromatic N) is 3. The van der Waals surface area contributed by atoms with Gasteiger partial charge in [-0.2, -0.15) is 0 Å². The molecule has 1 aliphatic rings. The van der Waals surface area contributed by atoms with Crippen molar-refractivity contribution in [3.05, 3.63) is 69.3 Å². The van der Waals surface area contributed by atoms with E-state index in [0.717, 1.165) is 18.4 Å². The number of aromatic nitrogens is 2. The minimum Gasteiger partial charge on any atom is -0.479 e. The maximum absolute atomic E-state index is 15.4. The van der Waals surface area contributed by atoms with Crippen LogP contribution in [0.2, 0.25) is 10.0 Å². The second kappa shape index (κ2) is 12.7. The van der Waals surface area contributed by atoms with Gasteiger partial charge in [0.25, 0.3) is 0 Å². The summed E-state index contributed by atoms with van der Waals surface area (Å²) in [5.74, 6) is -1.88. The van der Waals surface area contributed by atoms with Crippen LogP contribution in [0.5, 0.6) is 5.88 Å². The third-order valence-electron chi connectivity index (χ3n) is 7.42. The monoisotopic (exact) mass is 617 g/mol. The Morgan fingerprint density at radius 1 is 1.14 bits per heavy atom. The number of hydrogen-bond donors (Lipinski definition) is 1. The minimum atomic E-state index is -1.26. The lowest BCUT2D eigenvalue weighted by molar-refractivity contribution is -0.160. The second-order valence-electron chi connectivity index (χ2n) is 12.5. The molecule has 7 nitrogen and oxygen atoms in total. The van der Waals surface area contributed by atoms with E-state index in [1.807, 2.05) is 20.8 Å². The molecular weight excluding hydrogens is 580 g/mol. The largest absolute Gasteiger partial charge is 0.479 e. The van der Waals surface area contributed by atoms with Crippen LogP contribution in [0.4, 0.5) is 10.1 Å². The quantitative estimate of drug-likeness (QED) is 0.260. The molecule has 0 spiro atoms. The summed E-state index contributed by atoms with van der Waals surface area (Å²) in [6.45, 7) is 13.3. The molecule has 42 heavy (non-hydrogen) atoms. The summed E-state index contributed by atoms with van der Waals surface area (Å²) in [7, 11) is 0. The maximum atomic E-state index is 15.4. The molecule has 1 N–H and O–H groups in total. The number of aryl methyl sites for hydroxylation is 1. The van der Waals surface area contributed by atoms with Crippen LogP contribution in [0.25, 0.3) is 11.1 Å². The first-order valence-corrected chi connectivity index (χ1v) is 14.8. The molecule has 1 unspecified atom stereocenters. The molecule has 0 bridgehead atoms. The highest BCUT2D eigenvalue weighted by atomic mass is 35.5. The molecule has 3 heterocycles. The Balaban J connectivity index is 1.71. The first-order valence-electron chi connectivity index (χ1n) is 14.0. The predicted octanol–water partition coefficient (Wildman–Crippen LogP) is 8.09. The number of ether oxygens (including phenoxy) is 2. The van der Waals surface area contributed by atoms with Gasteiger partial charge in [0.1, 0.15) is 0 Å². The summed E-state index contributed by atoms with van der Waals surface area (Å²) in [5, 5.41) is 11.3. The van der Waals surface area contributed by atoms with Gasteiger partial charge in [0.05, 0.1) is 17.9 Å². The fourth-order valence-corrected chi connectivity index (χ4v) is 5.56. The number of carboxylic acids is 1. The second-order valence-corrected chi connectivity index (χ2v) is 13.3. The Morgan fingerprint density at radius 2 is 1.83 bits per heavy atom. The van der Waals surface area contributed by atoms with Crippen molar-refractivity contribution in [2.45, 2.75) is 72.5 Å². The van der Waals surface area contributed by atoms with Gasteiger partial charge in [-0.1, -0.05) is 43.1 Å². The molecule has 0 amide bonds. The smallest absolute Gasteiger partial charge is 0.337 e. The van der Waals surface area contributed by atoms with Crippen LogP contribution < -0.4 is 9.64 Å². The number of benzene rings is 1. The number of halogens is 3. The van der Waals surface area contributed by atoms with Gasteiger partial charge in [0, 0.05) is 64.3 Å². The summed E-state index contributed by atoms with van der Waals surface area (Å²) in [6, 6.07) is 6.55. The molecule has 1 aliphatic heterocycles. The minimum absolute atomic E-state index is 0.134. The number of pyridine rings is 2. The summed E-state index contributed by atoms with van der Waals surface area (Å²) in [4.78, 5) is 23.6. The summed E-state index contributed by atoms with van der Waals surface area (Å²) in [5.41, 5.74) is 3.02. The average Bonchev–Trinajstić information content (AvgIpc) is 2.89. The number of anilines is 1. The van der Waals surface area contributed by atoms with Crippen molar-refractivity contribution in [3.63, 3.8) is 0 Å². The van der Waals surface area contributed by atoms with Crippen molar-refractivity contribution in [1.29, 1.82) is 0 Å². The van der Waals surface area contributed by atoms with Crippen LogP contribution in [0.1, 0.15) is 70.4 Å². The number of rotatable bonds is 9. The normalized spacial score (nSPS) is 15.9. The van der Waals surface area contributed by atoms with E-state index in [1.165, 1.54) is 12.3 Å². The van der Waals surface area contributed by atoms with Crippen molar-refractivity contribution in [2.75, 3.05) is 24.6 Å². The van der Waals surface area contributed by atoms with Crippen molar-refractivity contribution in [2.24, 2.45) is 5.41 Å². The molecular formula is C32H38Cl2FN3O4. The average molecular weight is 619 g/mol. The van der Waals surface area contributed by atoms with E-state index in [9.17, 15) is 9.90 Å². The topological polar surface area (TPSA) is 84.8 Å². The molecule has 1 saturated heterocycles. The molecule has 0 saturated carbocycles. The van der Waals surface area contributed by atoms with Crippen LogP contribution in [0.3, 0.4) is 0 Å². The number of carboxylic acid groups (broad SMARTS) is 1. The van der Waals surface area contributed by atoms with Gasteiger partial charge < -0.3 is 19.5 Å². The van der Waals surface area contributed by atoms with Gasteiger partial charge in [-0.25, -0.2) is 14.2 Å². The van der Waals surface area contributed by atoms with Crippen LogP contribution in [0.15, 0.2) is 36.7 Å². The summed E-state index contributed by atoms with van der Waals surface area (Å²) in [6.07, 6.45) is 4.21. The highest BCUT2D eigenvalue weighted by Gasteiger charge is 2.36. The van der Waals surface area contributed by atoms with Crippen molar-refractivity contribution in [3.8, 4) is 17.0 Å². The standard InChI is InChI=1S/C32H38Cl2FN3O4/c1-19-26(28(30(39)40)42-31(2,3)4)27(38-12-10-32(5,6)11-13-38)23(18-36-19)21-15-25(35)29(37-17-21)41-14-9-20-7-8-22(33)16-24(20)34/h7-8,15-18,28H,9-14H2,1-6H3,(H,39,40). The molecule has 1 aromatic carbocycles. The zero-order chi connectivity index (χ0) is 30.8. The van der Waals surface area contributed by atoms with Gasteiger partial charge in [0.15, 0.2) is 11.9 Å². The Labute approximate surface area is 257 Å². The first kappa shape index (κ1) is 32.0. The molecule has 2 aromatic heterocycles. The Kier molecular flexibility index (Phi) is 9.70. The van der Waals surface area contributed by atoms with Gasteiger partial charge >= 0.3 is 5.97 Å². The van der Waals surface area contributed by atoms with Crippen LogP contribution in [0, 0.1) is 18.2 Å². The van der Waals surface area contributed by atoms with Gasteiger partial charge in [-0.05, 0) is 69.7 Å². The number of hydrogen-bond acceptors (Lipinski definition) is 6. The van der Waals surface area contributed by atoms with Gasteiger partial charge in [0.2, 0.25) is 5.88 Å². The predicted molar refractivity (Wildman–Crippen MR) is 164 cm³/mol. The Morgan fingerprint density at radius 3 is 2.43 bits per heavy atom. The summed E-state index contributed by atoms with van der Waals surface area (Å²) < 4.78 is 27.1. The van der Waals surface area contributed by atoms with E-state index in [0.29, 0.717) is 57.6 Å². The third kappa shape index (κ3) is 7.71. The van der Waals surface area contributed by atoms with Crippen molar-refractivity contribution >= 4 is 34.9 Å². The highest BCUT2D eigenvalue weighted by molar-refractivity contribution is 6.35. The molecule has 0 aliphatic carbocycles. The van der Waals surface area contributed by atoms with E-state index < -0.39 is 23.5 Å². The van der Waals surface area contributed by atoms with Crippen molar-refractivity contribution < 1.29 is 23.8 Å². The first-order chi connectivity index (χ1) is 19.6. The fraction of sp³-hybridized carbons (Fsp3) is 0.469. The maximum Gasteiger partial charge on any atom is 0.337 e. The summed E-state index contributed by atoms with van der Waals surface area (Å²) >= 11 is 12.2. The van der Waals surface area contributed by atoms with Crippen LogP contribution >= 0.6 is 23.2 Å². The van der Waals surface area contributed by atoms with Crippen LogP contribution in [-0.2, 0) is 16.0 Å². The molecule has 226 valence electrons. The Bertz CT molecular complexity index is 1450.